The summed E-state index contributed by atoms with van der Waals surface area (Å²) in [6, 6.07) is 0. The number of hydrogen-bond donors (Lipinski definition) is 0. The predicted molar refractivity (Wildman–Crippen MR) is 64.7 cm³/mol. The normalized spacial score (nSPS) is 3.45. The smallest absolute Gasteiger partial charge is 0.116 e. The van der Waals surface area contributed by atoms with Crippen molar-refractivity contribution in [2.45, 2.75) is 49.0 Å². The van der Waals surface area contributed by atoms with Crippen LogP contribution in [0.3, 0.4) is 0 Å². The Labute approximate surface area is 81.2 Å². The van der Waals surface area contributed by atoms with E-state index in [1.807, 2.05) is 34.6 Å². The first kappa shape index (κ1) is 30.9. The van der Waals surface area contributed by atoms with Crippen LogP contribution in [0.25, 0.3) is 0 Å². The van der Waals surface area contributed by atoms with Gasteiger partial charge in [-0.1, -0.05) is 47.3 Å². The van der Waals surface area contributed by atoms with E-state index in [1.54, 1.807) is 5.37 Å². The second kappa shape index (κ2) is 242. The summed E-state index contributed by atoms with van der Waals surface area (Å²) in [5, 5.41) is 1.58. The number of aldehydes is 1. The van der Waals surface area contributed by atoms with Gasteiger partial charge < -0.3 is 4.79 Å². The van der Waals surface area contributed by atoms with E-state index in [0.717, 1.165) is 6.29 Å². The minimum absolute atomic E-state index is 0. The second-order valence-electron chi connectivity index (χ2n) is 0.471. The van der Waals surface area contributed by atoms with Crippen LogP contribution in [0.15, 0.2) is 0 Å². The van der Waals surface area contributed by atoms with Gasteiger partial charge >= 0.3 is 0 Å². The van der Waals surface area contributed by atoms with Crippen molar-refractivity contribution in [3.05, 3.63) is 0 Å². The number of carbonyl (C=O) groups is 1. The standard InChI is InChI=1S/C2H4O.C2H4S.2C2H6.CH4.2H2/c2*1-2-3;2*1-2;;;/h2*2H,1H3;2*1-2H3;1H4;2*1H/i;;;;;2*1+2. The molecule has 0 aliphatic rings. The average Bonchev–Trinajstić information content (AvgIpc) is 1.99. The minimum atomic E-state index is 0. The maximum atomic E-state index is 8.81. The molecule has 0 aromatic rings. The van der Waals surface area contributed by atoms with E-state index in [4.69, 9.17) is 4.79 Å². The van der Waals surface area contributed by atoms with Crippen molar-refractivity contribution in [3.8, 4) is 0 Å². The summed E-state index contributed by atoms with van der Waals surface area (Å²) < 4.78 is 0. The molecule has 0 spiro atoms. The molecule has 0 atom stereocenters. The van der Waals surface area contributed by atoms with Gasteiger partial charge in [-0.2, -0.15) is 0 Å². The Hall–Kier alpha value is -0.240. The van der Waals surface area contributed by atoms with Crippen LogP contribution in [0.1, 0.15) is 51.8 Å². The van der Waals surface area contributed by atoms with Gasteiger partial charge in [-0.05, 0) is 19.2 Å². The molecule has 0 rings (SSSR count). The van der Waals surface area contributed by atoms with E-state index >= 15 is 0 Å². The zero-order chi connectivity index (χ0) is 9.41. The first-order valence-corrected chi connectivity index (χ1v) is 4.10. The lowest BCUT2D eigenvalue weighted by Gasteiger charge is -1.26. The van der Waals surface area contributed by atoms with Gasteiger partial charge in [0, 0.05) is 2.85 Å². The molecule has 0 radical (unpaired) electrons. The first-order chi connectivity index (χ1) is 4.83. The lowest BCUT2D eigenvalue weighted by Crippen LogP contribution is -1.36. The van der Waals surface area contributed by atoms with Gasteiger partial charge in [-0.3, -0.25) is 0 Å². The highest BCUT2D eigenvalue weighted by atomic mass is 32.1. The number of hydrogen-bond acceptors (Lipinski definition) is 2. The van der Waals surface area contributed by atoms with E-state index in [9.17, 15) is 0 Å². The molecule has 0 N–H and O–H groups in total. The van der Waals surface area contributed by atoms with Crippen LogP contribution in [0, 0.1) is 0 Å². The topological polar surface area (TPSA) is 17.1 Å². The van der Waals surface area contributed by atoms with Crippen molar-refractivity contribution in [3.63, 3.8) is 0 Å². The zero-order valence-corrected chi connectivity index (χ0v) is 8.79. The summed E-state index contributed by atoms with van der Waals surface area (Å²) >= 11 is 4.27. The van der Waals surface area contributed by atoms with E-state index in [1.165, 1.54) is 6.92 Å². The SMILES string of the molecule is C.CC.CC.CC=O.CC=S.[3HH].[3HH]. The molecule has 1 nitrogen and oxygen atoms in total. The Morgan fingerprint density at radius 3 is 1.09 bits per heavy atom. The summed E-state index contributed by atoms with van der Waals surface area (Å²) in [7, 11) is 0. The van der Waals surface area contributed by atoms with Gasteiger partial charge in [0.2, 0.25) is 0 Å². The molecule has 0 aromatic carbocycles. The number of carbonyl (C=O) groups excluding carboxylic acids is 1. The van der Waals surface area contributed by atoms with Crippen LogP contribution in [0.2, 0.25) is 0 Å². The number of thiocarbonyl (C=S) groups is 1. The van der Waals surface area contributed by atoms with Crippen molar-refractivity contribution in [2.24, 2.45) is 0 Å². The van der Waals surface area contributed by atoms with Gasteiger partial charge in [0.15, 0.2) is 0 Å². The van der Waals surface area contributed by atoms with Crippen LogP contribution < -0.4 is 0 Å². The largest absolute Gasteiger partial charge is 0.304 e. The highest BCUT2D eigenvalue weighted by Gasteiger charge is 1.24. The van der Waals surface area contributed by atoms with Crippen LogP contribution in [0.5, 0.6) is 0 Å². The fourth-order valence-corrected chi connectivity index (χ4v) is 0. The third kappa shape index (κ3) is 10200. The molecule has 0 unspecified atom stereocenters. The van der Waals surface area contributed by atoms with Gasteiger partial charge in [-0.25, -0.2) is 0 Å². The molecule has 0 aromatic heterocycles. The zero-order valence-electron chi connectivity index (χ0n) is 7.97. The number of rotatable bonds is 0. The minimum Gasteiger partial charge on any atom is -0.304 e. The average molecular weight is 188 g/mol. The first-order valence-electron chi connectivity index (χ1n) is 3.63. The van der Waals surface area contributed by atoms with E-state index in [-0.39, 0.29) is 10.3 Å². The van der Waals surface area contributed by atoms with Gasteiger partial charge in [0.05, 0.1) is 0 Å². The molecule has 0 aliphatic carbocycles. The predicted octanol–water partition coefficient (Wildman–Crippen LogP) is 4.39. The molecule has 0 amide bonds. The monoisotopic (exact) mass is 188 g/mol. The Morgan fingerprint density at radius 2 is 1.09 bits per heavy atom. The lowest BCUT2D eigenvalue weighted by molar-refractivity contribution is -0.106. The highest BCUT2D eigenvalue weighted by Crippen LogP contribution is 1.32. The molecule has 76 valence electrons. The molecule has 0 heterocycles. The third-order valence-corrected chi connectivity index (χ3v) is 0. The van der Waals surface area contributed by atoms with E-state index in [0.29, 0.717) is 0 Å². The quantitative estimate of drug-likeness (QED) is 0.414. The third-order valence-electron chi connectivity index (χ3n) is 0. The summed E-state index contributed by atoms with van der Waals surface area (Å²) in [4.78, 5) is 8.81. The molecular formula is C9H28OS. The molecule has 0 saturated carbocycles. The Kier molecular flexibility index (Phi) is 679. The Morgan fingerprint density at radius 1 is 1.09 bits per heavy atom. The van der Waals surface area contributed by atoms with Crippen molar-refractivity contribution < 1.29 is 7.65 Å². The Balaban J connectivity index is -0.00000000698. The van der Waals surface area contributed by atoms with Crippen molar-refractivity contribution in [1.82, 2.24) is 0 Å². The van der Waals surface area contributed by atoms with Gasteiger partial charge in [-0.15, -0.1) is 0 Å². The maximum Gasteiger partial charge on any atom is 0.116 e. The van der Waals surface area contributed by atoms with Crippen molar-refractivity contribution in [2.75, 3.05) is 0 Å². The molecule has 0 bridgehead atoms. The molecular weight excluding hydrogens is 156 g/mol. The molecule has 11 heavy (non-hydrogen) atoms. The lowest BCUT2D eigenvalue weighted by atomic mass is 11.0. The molecule has 0 saturated heterocycles. The molecule has 0 fully saturated rings. The Bertz CT molecular complexity index is 38.6. The second-order valence-corrected chi connectivity index (χ2v) is 0.943. The summed E-state index contributed by atoms with van der Waals surface area (Å²) in [5.41, 5.74) is 0. The van der Waals surface area contributed by atoms with E-state index in [2.05, 4.69) is 12.2 Å². The fraction of sp³-hybridized carbons (Fsp3) is 0.778. The fourth-order valence-electron chi connectivity index (χ4n) is 0. The van der Waals surface area contributed by atoms with Crippen LogP contribution in [0.4, 0.5) is 0 Å². The van der Waals surface area contributed by atoms with Crippen molar-refractivity contribution in [1.29, 1.82) is 0 Å². The van der Waals surface area contributed by atoms with Crippen LogP contribution in [-0.2, 0) is 4.79 Å². The molecule has 2 heteroatoms. The van der Waals surface area contributed by atoms with Crippen molar-refractivity contribution >= 4 is 23.9 Å². The highest BCUT2D eigenvalue weighted by molar-refractivity contribution is 7.78. The van der Waals surface area contributed by atoms with Gasteiger partial charge in [0.1, 0.15) is 6.29 Å². The van der Waals surface area contributed by atoms with Crippen LogP contribution in [-0.4, -0.2) is 11.7 Å². The van der Waals surface area contributed by atoms with Gasteiger partial charge in [0.25, 0.3) is 0 Å². The summed E-state index contributed by atoms with van der Waals surface area (Å²) in [5.74, 6) is 0. The molecule has 0 aliphatic heterocycles. The summed E-state index contributed by atoms with van der Waals surface area (Å²) in [6.07, 6.45) is 0.750. The van der Waals surface area contributed by atoms with E-state index < -0.39 is 0 Å². The summed E-state index contributed by atoms with van der Waals surface area (Å²) in [6.45, 7) is 11.3. The maximum absolute atomic E-state index is 8.81. The van der Waals surface area contributed by atoms with Crippen LogP contribution >= 0.6 is 12.2 Å².